The van der Waals surface area contributed by atoms with Gasteiger partial charge in [-0.3, -0.25) is 9.59 Å². The van der Waals surface area contributed by atoms with Gasteiger partial charge in [0.2, 0.25) is 0 Å². The van der Waals surface area contributed by atoms with Crippen molar-refractivity contribution in [3.63, 3.8) is 0 Å². The van der Waals surface area contributed by atoms with Crippen LogP contribution in [0.4, 0.5) is 15.8 Å². The molecule has 0 aliphatic carbocycles. The minimum Gasteiger partial charge on any atom is -0.484 e. The smallest absolute Gasteiger partial charge is 0.262 e. The van der Waals surface area contributed by atoms with Crippen molar-refractivity contribution in [2.24, 2.45) is 0 Å². The van der Waals surface area contributed by atoms with E-state index in [1.807, 2.05) is 0 Å². The number of benzene rings is 3. The summed E-state index contributed by atoms with van der Waals surface area (Å²) >= 11 is 5.99. The Morgan fingerprint density at radius 2 is 1.57 bits per heavy atom. The Labute approximate surface area is 166 Å². The lowest BCUT2D eigenvalue weighted by Crippen LogP contribution is -2.20. The Morgan fingerprint density at radius 1 is 0.893 bits per heavy atom. The van der Waals surface area contributed by atoms with Crippen molar-refractivity contribution >= 4 is 34.8 Å². The van der Waals surface area contributed by atoms with Crippen molar-refractivity contribution in [1.29, 1.82) is 0 Å². The Morgan fingerprint density at radius 3 is 2.25 bits per heavy atom. The third kappa shape index (κ3) is 5.31. The van der Waals surface area contributed by atoms with Crippen LogP contribution < -0.4 is 15.4 Å². The van der Waals surface area contributed by atoms with Gasteiger partial charge in [-0.15, -0.1) is 0 Å². The number of carbonyl (C=O) groups excluding carboxylic acids is 2. The second-order valence-corrected chi connectivity index (χ2v) is 6.21. The van der Waals surface area contributed by atoms with Gasteiger partial charge < -0.3 is 15.4 Å². The van der Waals surface area contributed by atoms with Gasteiger partial charge in [-0.25, -0.2) is 4.39 Å². The van der Waals surface area contributed by atoms with Crippen LogP contribution in [0.1, 0.15) is 10.4 Å². The molecule has 3 aromatic carbocycles. The number of para-hydroxylation sites is 1. The minimum absolute atomic E-state index is 0.202. The molecule has 0 aromatic heterocycles. The van der Waals surface area contributed by atoms with Crippen molar-refractivity contribution in [2.75, 3.05) is 17.2 Å². The molecule has 0 atom stereocenters. The standard InChI is InChI=1S/C21H16ClFN2O3/c22-18-3-1-2-4-19(18)25-20(26)13-28-17-11-5-14(6-12-17)21(27)24-16-9-7-15(23)8-10-16/h1-12H,13H2,(H,24,27)(H,25,26). The van der Waals surface area contributed by atoms with Crippen molar-refractivity contribution in [2.45, 2.75) is 0 Å². The van der Waals surface area contributed by atoms with E-state index in [4.69, 9.17) is 16.3 Å². The number of nitrogens with one attached hydrogen (secondary N) is 2. The summed E-state index contributed by atoms with van der Waals surface area (Å²) in [5.74, 6) is -0.633. The van der Waals surface area contributed by atoms with Gasteiger partial charge in [-0.1, -0.05) is 23.7 Å². The van der Waals surface area contributed by atoms with Gasteiger partial charge >= 0.3 is 0 Å². The number of rotatable bonds is 6. The van der Waals surface area contributed by atoms with Crippen LogP contribution in [0.3, 0.4) is 0 Å². The number of ether oxygens (including phenoxy) is 1. The van der Waals surface area contributed by atoms with Crippen LogP contribution in [0.2, 0.25) is 5.02 Å². The summed E-state index contributed by atoms with van der Waals surface area (Å²) in [6, 6.07) is 18.7. The fourth-order valence-electron chi connectivity index (χ4n) is 2.34. The molecule has 0 saturated heterocycles. The normalized spacial score (nSPS) is 10.2. The number of hydrogen-bond acceptors (Lipinski definition) is 3. The first-order valence-electron chi connectivity index (χ1n) is 8.35. The summed E-state index contributed by atoms with van der Waals surface area (Å²) in [5, 5.41) is 5.76. The molecule has 0 radical (unpaired) electrons. The van der Waals surface area contributed by atoms with Gasteiger partial charge in [0.05, 0.1) is 10.7 Å². The van der Waals surface area contributed by atoms with E-state index in [0.717, 1.165) is 0 Å². The number of hydrogen-bond donors (Lipinski definition) is 2. The molecule has 2 amide bonds. The maximum Gasteiger partial charge on any atom is 0.262 e. The number of carbonyl (C=O) groups is 2. The monoisotopic (exact) mass is 398 g/mol. The number of halogens is 2. The summed E-state index contributed by atoms with van der Waals surface area (Å²) in [6.45, 7) is -0.202. The van der Waals surface area contributed by atoms with E-state index in [0.29, 0.717) is 27.7 Å². The van der Waals surface area contributed by atoms with E-state index >= 15 is 0 Å². The van der Waals surface area contributed by atoms with Crippen LogP contribution in [0.25, 0.3) is 0 Å². The zero-order valence-electron chi connectivity index (χ0n) is 14.6. The van der Waals surface area contributed by atoms with Crippen molar-refractivity contribution in [3.8, 4) is 5.75 Å². The summed E-state index contributed by atoms with van der Waals surface area (Å²) in [5.41, 5.74) is 1.39. The molecule has 0 bridgehead atoms. The molecule has 0 fully saturated rings. The van der Waals surface area contributed by atoms with Crippen LogP contribution in [-0.2, 0) is 4.79 Å². The van der Waals surface area contributed by atoms with Gasteiger partial charge in [-0.2, -0.15) is 0 Å². The highest BCUT2D eigenvalue weighted by Gasteiger charge is 2.09. The highest BCUT2D eigenvalue weighted by molar-refractivity contribution is 6.33. The zero-order chi connectivity index (χ0) is 19.9. The van der Waals surface area contributed by atoms with Crippen LogP contribution in [0.15, 0.2) is 72.8 Å². The zero-order valence-corrected chi connectivity index (χ0v) is 15.4. The molecule has 3 aromatic rings. The molecule has 3 rings (SSSR count). The minimum atomic E-state index is -0.377. The van der Waals surface area contributed by atoms with E-state index < -0.39 is 0 Å². The lowest BCUT2D eigenvalue weighted by molar-refractivity contribution is -0.118. The Bertz CT molecular complexity index is 976. The first-order valence-corrected chi connectivity index (χ1v) is 8.73. The fourth-order valence-corrected chi connectivity index (χ4v) is 2.52. The van der Waals surface area contributed by atoms with E-state index in [1.165, 1.54) is 24.3 Å². The molecule has 28 heavy (non-hydrogen) atoms. The van der Waals surface area contributed by atoms with E-state index in [2.05, 4.69) is 10.6 Å². The molecule has 0 unspecified atom stereocenters. The van der Waals surface area contributed by atoms with Crippen molar-refractivity contribution in [3.05, 3.63) is 89.2 Å². The molecule has 0 spiro atoms. The molecule has 0 heterocycles. The first kappa shape index (κ1) is 19.4. The van der Waals surface area contributed by atoms with Gasteiger partial charge in [-0.05, 0) is 60.7 Å². The van der Waals surface area contributed by atoms with Gasteiger partial charge in [0, 0.05) is 11.3 Å². The Balaban J connectivity index is 1.52. The van der Waals surface area contributed by atoms with E-state index in [1.54, 1.807) is 48.5 Å². The van der Waals surface area contributed by atoms with E-state index in [-0.39, 0.29) is 24.2 Å². The van der Waals surface area contributed by atoms with Gasteiger partial charge in [0.15, 0.2) is 6.61 Å². The summed E-state index contributed by atoms with van der Waals surface area (Å²) in [4.78, 5) is 24.1. The van der Waals surface area contributed by atoms with Crippen LogP contribution in [-0.4, -0.2) is 18.4 Å². The predicted molar refractivity (Wildman–Crippen MR) is 106 cm³/mol. The lowest BCUT2D eigenvalue weighted by atomic mass is 10.2. The van der Waals surface area contributed by atoms with Gasteiger partial charge in [0.25, 0.3) is 11.8 Å². The molecule has 0 aliphatic heterocycles. The molecule has 142 valence electrons. The van der Waals surface area contributed by atoms with Crippen molar-refractivity contribution in [1.82, 2.24) is 0 Å². The SMILES string of the molecule is O=C(COc1ccc(C(=O)Nc2ccc(F)cc2)cc1)Nc1ccccc1Cl. The Hall–Kier alpha value is -3.38. The fraction of sp³-hybridized carbons (Fsp3) is 0.0476. The predicted octanol–water partition coefficient (Wildman–Crippen LogP) is 4.75. The maximum atomic E-state index is 12.9. The molecular weight excluding hydrogens is 383 g/mol. The van der Waals surface area contributed by atoms with Crippen molar-refractivity contribution < 1.29 is 18.7 Å². The average molecular weight is 399 g/mol. The van der Waals surface area contributed by atoms with Gasteiger partial charge in [0.1, 0.15) is 11.6 Å². The van der Waals surface area contributed by atoms with Crippen LogP contribution in [0.5, 0.6) is 5.75 Å². The maximum absolute atomic E-state index is 12.9. The van der Waals surface area contributed by atoms with Crippen LogP contribution in [0, 0.1) is 5.82 Å². The molecule has 7 heteroatoms. The lowest BCUT2D eigenvalue weighted by Gasteiger charge is -2.09. The average Bonchev–Trinajstić information content (AvgIpc) is 2.70. The number of anilines is 2. The number of amides is 2. The molecule has 0 saturated carbocycles. The Kier molecular flexibility index (Phi) is 6.24. The van der Waals surface area contributed by atoms with Crippen LogP contribution >= 0.6 is 11.6 Å². The summed E-state index contributed by atoms with van der Waals surface area (Å²) in [6.07, 6.45) is 0. The summed E-state index contributed by atoms with van der Waals surface area (Å²) < 4.78 is 18.3. The second-order valence-electron chi connectivity index (χ2n) is 5.80. The van der Waals surface area contributed by atoms with E-state index in [9.17, 15) is 14.0 Å². The third-order valence-electron chi connectivity index (χ3n) is 3.74. The highest BCUT2D eigenvalue weighted by Crippen LogP contribution is 2.20. The topological polar surface area (TPSA) is 67.4 Å². The molecule has 2 N–H and O–H groups in total. The largest absolute Gasteiger partial charge is 0.484 e. The third-order valence-corrected chi connectivity index (χ3v) is 4.07. The molecule has 5 nitrogen and oxygen atoms in total. The molecule has 0 aliphatic rings. The molecular formula is C21H16ClFN2O3. The first-order chi connectivity index (χ1) is 13.5. The highest BCUT2D eigenvalue weighted by atomic mass is 35.5. The summed E-state index contributed by atoms with van der Waals surface area (Å²) in [7, 11) is 0. The quantitative estimate of drug-likeness (QED) is 0.629. The second kappa shape index (κ2) is 9.01.